The molecule has 0 aliphatic rings. The van der Waals surface area contributed by atoms with Gasteiger partial charge in [-0.1, -0.05) is 15.9 Å². The number of rotatable bonds is 7. The van der Waals surface area contributed by atoms with Crippen molar-refractivity contribution in [3.05, 3.63) is 46.9 Å². The first kappa shape index (κ1) is 17.1. The normalized spacial score (nSPS) is 10.0. The summed E-state index contributed by atoms with van der Waals surface area (Å²) in [7, 11) is 3.19. The summed E-state index contributed by atoms with van der Waals surface area (Å²) in [6, 6.07) is 13.0. The molecule has 0 saturated carbocycles. The lowest BCUT2D eigenvalue weighted by Gasteiger charge is -2.11. The van der Waals surface area contributed by atoms with Crippen LogP contribution in [0.2, 0.25) is 0 Å². The van der Waals surface area contributed by atoms with E-state index in [1.807, 2.05) is 42.5 Å². The van der Waals surface area contributed by atoms with Gasteiger partial charge in [0.1, 0.15) is 0 Å². The zero-order chi connectivity index (χ0) is 16.7. The van der Waals surface area contributed by atoms with Crippen LogP contribution in [-0.2, 0) is 4.79 Å². The van der Waals surface area contributed by atoms with E-state index < -0.39 is 0 Å². The molecule has 0 unspecified atom stereocenters. The largest absolute Gasteiger partial charge is 0.493 e. The summed E-state index contributed by atoms with van der Waals surface area (Å²) >= 11 is 3.36. The van der Waals surface area contributed by atoms with Gasteiger partial charge in [-0.25, -0.2) is 0 Å². The molecule has 0 heterocycles. The number of amides is 1. The minimum Gasteiger partial charge on any atom is -0.493 e. The van der Waals surface area contributed by atoms with E-state index in [4.69, 9.17) is 9.47 Å². The van der Waals surface area contributed by atoms with Crippen LogP contribution in [0.5, 0.6) is 11.5 Å². The van der Waals surface area contributed by atoms with Crippen LogP contribution >= 0.6 is 15.9 Å². The zero-order valence-corrected chi connectivity index (χ0v) is 14.6. The van der Waals surface area contributed by atoms with Crippen molar-refractivity contribution in [1.29, 1.82) is 0 Å². The molecule has 122 valence electrons. The van der Waals surface area contributed by atoms with Crippen LogP contribution in [0.15, 0.2) is 46.9 Å². The molecule has 2 aromatic rings. The second kappa shape index (κ2) is 8.43. The Labute approximate surface area is 144 Å². The van der Waals surface area contributed by atoms with Crippen molar-refractivity contribution < 1.29 is 14.3 Å². The second-order valence-electron chi connectivity index (χ2n) is 4.80. The molecule has 0 saturated heterocycles. The molecule has 2 rings (SSSR count). The van der Waals surface area contributed by atoms with Gasteiger partial charge < -0.3 is 20.1 Å². The van der Waals surface area contributed by atoms with Gasteiger partial charge in [0.15, 0.2) is 11.5 Å². The smallest absolute Gasteiger partial charge is 0.226 e. The lowest BCUT2D eigenvalue weighted by molar-refractivity contribution is -0.115. The van der Waals surface area contributed by atoms with Crippen LogP contribution in [0.3, 0.4) is 0 Å². The molecule has 0 spiro atoms. The number of nitrogens with one attached hydrogen (secondary N) is 2. The number of carbonyl (C=O) groups is 1. The molecular weight excluding hydrogens is 360 g/mol. The quantitative estimate of drug-likeness (QED) is 0.766. The van der Waals surface area contributed by atoms with E-state index >= 15 is 0 Å². The van der Waals surface area contributed by atoms with Crippen molar-refractivity contribution in [2.75, 3.05) is 31.4 Å². The van der Waals surface area contributed by atoms with Crippen LogP contribution in [0.25, 0.3) is 0 Å². The Hall–Kier alpha value is -2.21. The number of hydrogen-bond donors (Lipinski definition) is 2. The fourth-order valence-electron chi connectivity index (χ4n) is 2.02. The van der Waals surface area contributed by atoms with E-state index in [0.29, 0.717) is 24.5 Å². The van der Waals surface area contributed by atoms with E-state index in [9.17, 15) is 4.79 Å². The highest BCUT2D eigenvalue weighted by atomic mass is 79.9. The third-order valence-corrected chi connectivity index (χ3v) is 3.72. The molecule has 0 atom stereocenters. The van der Waals surface area contributed by atoms with Gasteiger partial charge >= 0.3 is 0 Å². The van der Waals surface area contributed by atoms with Crippen LogP contribution in [-0.4, -0.2) is 26.7 Å². The minimum absolute atomic E-state index is 0.0414. The topological polar surface area (TPSA) is 59.6 Å². The predicted molar refractivity (Wildman–Crippen MR) is 95.4 cm³/mol. The highest BCUT2D eigenvalue weighted by Crippen LogP contribution is 2.29. The van der Waals surface area contributed by atoms with Crippen LogP contribution in [0.1, 0.15) is 6.42 Å². The van der Waals surface area contributed by atoms with Crippen molar-refractivity contribution in [2.45, 2.75) is 6.42 Å². The van der Waals surface area contributed by atoms with E-state index in [2.05, 4.69) is 26.6 Å². The molecule has 0 aliphatic heterocycles. The Morgan fingerprint density at radius 2 is 1.65 bits per heavy atom. The fraction of sp³-hybridized carbons (Fsp3) is 0.235. The van der Waals surface area contributed by atoms with Crippen LogP contribution in [0, 0.1) is 0 Å². The number of benzene rings is 2. The Kier molecular flexibility index (Phi) is 6.29. The maximum Gasteiger partial charge on any atom is 0.226 e. The summed E-state index contributed by atoms with van der Waals surface area (Å²) in [4.78, 5) is 11.9. The first-order chi connectivity index (χ1) is 11.1. The third kappa shape index (κ3) is 5.17. The molecule has 1 amide bonds. The summed E-state index contributed by atoms with van der Waals surface area (Å²) in [6.07, 6.45) is 0.365. The van der Waals surface area contributed by atoms with Crippen molar-refractivity contribution >= 4 is 33.2 Å². The van der Waals surface area contributed by atoms with Crippen molar-refractivity contribution in [3.63, 3.8) is 0 Å². The lowest BCUT2D eigenvalue weighted by atomic mass is 10.2. The molecular formula is C17H19BrN2O3. The van der Waals surface area contributed by atoms with Crippen molar-refractivity contribution in [3.8, 4) is 11.5 Å². The maximum atomic E-state index is 11.9. The summed E-state index contributed by atoms with van der Waals surface area (Å²) in [5.74, 6) is 1.28. The number of methoxy groups -OCH3 is 2. The number of anilines is 2. The summed E-state index contributed by atoms with van der Waals surface area (Å²) < 4.78 is 11.4. The number of ether oxygens (including phenoxy) is 2. The van der Waals surface area contributed by atoms with Gasteiger partial charge in [-0.05, 0) is 36.4 Å². The molecule has 5 nitrogen and oxygen atoms in total. The first-order valence-electron chi connectivity index (χ1n) is 7.13. The van der Waals surface area contributed by atoms with E-state index in [1.54, 1.807) is 14.2 Å². The molecule has 23 heavy (non-hydrogen) atoms. The van der Waals surface area contributed by atoms with Gasteiger partial charge in [-0.3, -0.25) is 4.79 Å². The molecule has 2 aromatic carbocycles. The molecule has 0 radical (unpaired) electrons. The summed E-state index contributed by atoms with van der Waals surface area (Å²) in [5.41, 5.74) is 1.66. The lowest BCUT2D eigenvalue weighted by Crippen LogP contribution is -2.16. The Balaban J connectivity index is 1.82. The highest BCUT2D eigenvalue weighted by molar-refractivity contribution is 9.10. The average Bonchev–Trinajstić information content (AvgIpc) is 2.56. The molecule has 0 aliphatic carbocycles. The highest BCUT2D eigenvalue weighted by Gasteiger charge is 2.05. The van der Waals surface area contributed by atoms with Crippen LogP contribution in [0.4, 0.5) is 11.4 Å². The number of carbonyl (C=O) groups excluding carboxylic acids is 1. The second-order valence-corrected chi connectivity index (χ2v) is 5.72. The van der Waals surface area contributed by atoms with Gasteiger partial charge in [0.2, 0.25) is 5.91 Å². The van der Waals surface area contributed by atoms with E-state index in [0.717, 1.165) is 15.8 Å². The third-order valence-electron chi connectivity index (χ3n) is 3.19. The standard InChI is InChI=1S/C17H19BrN2O3/c1-22-15-8-7-14(11-16(15)23-2)19-10-9-17(21)20-13-5-3-12(18)4-6-13/h3-8,11,19H,9-10H2,1-2H3,(H,20,21). The molecule has 0 fully saturated rings. The molecule has 0 aromatic heterocycles. The van der Waals surface area contributed by atoms with Crippen LogP contribution < -0.4 is 20.1 Å². The molecule has 6 heteroatoms. The molecule has 2 N–H and O–H groups in total. The average molecular weight is 379 g/mol. The first-order valence-corrected chi connectivity index (χ1v) is 7.93. The van der Waals surface area contributed by atoms with Gasteiger partial charge in [-0.15, -0.1) is 0 Å². The Morgan fingerprint density at radius 3 is 2.30 bits per heavy atom. The zero-order valence-electron chi connectivity index (χ0n) is 13.1. The van der Waals surface area contributed by atoms with Crippen molar-refractivity contribution in [2.24, 2.45) is 0 Å². The monoisotopic (exact) mass is 378 g/mol. The minimum atomic E-state index is -0.0414. The van der Waals surface area contributed by atoms with E-state index in [-0.39, 0.29) is 5.91 Å². The SMILES string of the molecule is COc1ccc(NCCC(=O)Nc2ccc(Br)cc2)cc1OC. The van der Waals surface area contributed by atoms with Crippen molar-refractivity contribution in [1.82, 2.24) is 0 Å². The maximum absolute atomic E-state index is 11.9. The van der Waals surface area contributed by atoms with E-state index in [1.165, 1.54) is 0 Å². The number of halogens is 1. The van der Waals surface area contributed by atoms with Gasteiger partial charge in [0, 0.05) is 34.9 Å². The summed E-state index contributed by atoms with van der Waals surface area (Å²) in [5, 5.41) is 6.04. The summed E-state index contributed by atoms with van der Waals surface area (Å²) in [6.45, 7) is 0.526. The fourth-order valence-corrected chi connectivity index (χ4v) is 2.29. The van der Waals surface area contributed by atoms with Gasteiger partial charge in [0.25, 0.3) is 0 Å². The van der Waals surface area contributed by atoms with Gasteiger partial charge in [0.05, 0.1) is 14.2 Å². The number of hydrogen-bond acceptors (Lipinski definition) is 4. The van der Waals surface area contributed by atoms with Gasteiger partial charge in [-0.2, -0.15) is 0 Å². The predicted octanol–water partition coefficient (Wildman–Crippen LogP) is 3.91. The Morgan fingerprint density at radius 1 is 1.00 bits per heavy atom. The molecule has 0 bridgehead atoms. The Bertz CT molecular complexity index is 659.